The van der Waals surface area contributed by atoms with E-state index in [2.05, 4.69) is 10.2 Å². The molecule has 0 aromatic heterocycles. The molecule has 0 aromatic rings. The van der Waals surface area contributed by atoms with E-state index in [0.717, 1.165) is 37.1 Å². The zero-order chi connectivity index (χ0) is 12.4. The van der Waals surface area contributed by atoms with Crippen LogP contribution in [0.1, 0.15) is 38.5 Å². The summed E-state index contributed by atoms with van der Waals surface area (Å²) in [6.07, 6.45) is 8.71. The van der Waals surface area contributed by atoms with Gasteiger partial charge in [-0.25, -0.2) is 0 Å². The summed E-state index contributed by atoms with van der Waals surface area (Å²) in [5, 5.41) is 3.85. The Morgan fingerprint density at radius 1 is 1.06 bits per heavy atom. The molecule has 0 aliphatic heterocycles. The molecular formula is C15H28N2O. The van der Waals surface area contributed by atoms with Crippen molar-refractivity contribution in [3.63, 3.8) is 0 Å². The van der Waals surface area contributed by atoms with Gasteiger partial charge in [0.2, 0.25) is 0 Å². The molecule has 3 aliphatic carbocycles. The molecule has 0 aromatic carbocycles. The number of rotatable bonds is 10. The van der Waals surface area contributed by atoms with Gasteiger partial charge in [0, 0.05) is 38.8 Å². The summed E-state index contributed by atoms with van der Waals surface area (Å²) in [7, 11) is 1.81. The van der Waals surface area contributed by atoms with Crippen LogP contribution in [0.2, 0.25) is 0 Å². The number of hydrogen-bond acceptors (Lipinski definition) is 3. The van der Waals surface area contributed by atoms with Crippen LogP contribution in [0.5, 0.6) is 0 Å². The molecule has 0 radical (unpaired) electrons. The number of nitrogens with one attached hydrogen (secondary N) is 1. The van der Waals surface area contributed by atoms with Gasteiger partial charge in [-0.3, -0.25) is 4.90 Å². The van der Waals surface area contributed by atoms with Crippen LogP contribution in [-0.2, 0) is 4.74 Å². The predicted molar refractivity (Wildman–Crippen MR) is 73.7 cm³/mol. The van der Waals surface area contributed by atoms with E-state index in [1.165, 1.54) is 51.6 Å². The summed E-state index contributed by atoms with van der Waals surface area (Å²) in [4.78, 5) is 2.62. The Labute approximate surface area is 111 Å². The van der Waals surface area contributed by atoms with Gasteiger partial charge >= 0.3 is 0 Å². The van der Waals surface area contributed by atoms with Gasteiger partial charge in [0.1, 0.15) is 0 Å². The van der Waals surface area contributed by atoms with Crippen molar-refractivity contribution >= 4 is 0 Å². The first-order valence-electron chi connectivity index (χ1n) is 7.85. The van der Waals surface area contributed by atoms with Crippen molar-refractivity contribution in [1.82, 2.24) is 10.2 Å². The van der Waals surface area contributed by atoms with Gasteiger partial charge < -0.3 is 10.1 Å². The summed E-state index contributed by atoms with van der Waals surface area (Å²) >= 11 is 0. The summed E-state index contributed by atoms with van der Waals surface area (Å²) < 4.78 is 5.21. The molecule has 3 fully saturated rings. The third-order valence-corrected chi connectivity index (χ3v) is 4.68. The quantitative estimate of drug-likeness (QED) is 0.642. The highest BCUT2D eigenvalue weighted by molar-refractivity contribution is 4.96. The highest BCUT2D eigenvalue weighted by Gasteiger charge is 2.41. The van der Waals surface area contributed by atoms with Gasteiger partial charge in [-0.2, -0.15) is 0 Å². The van der Waals surface area contributed by atoms with Crippen molar-refractivity contribution in [1.29, 1.82) is 0 Å². The van der Waals surface area contributed by atoms with Gasteiger partial charge in [-0.1, -0.05) is 0 Å². The molecule has 18 heavy (non-hydrogen) atoms. The summed E-state index contributed by atoms with van der Waals surface area (Å²) in [6.45, 7) is 4.38. The van der Waals surface area contributed by atoms with Crippen LogP contribution in [0.3, 0.4) is 0 Å². The van der Waals surface area contributed by atoms with Crippen LogP contribution in [0.25, 0.3) is 0 Å². The van der Waals surface area contributed by atoms with Gasteiger partial charge in [0.25, 0.3) is 0 Å². The SMILES string of the molecule is COCCN(CCNC(C1CC1)C1CC1)C1CC1. The normalized spacial score (nSPS) is 24.2. The lowest BCUT2D eigenvalue weighted by Gasteiger charge is -2.24. The average Bonchev–Trinajstić information content (AvgIpc) is 3.24. The van der Waals surface area contributed by atoms with Crippen molar-refractivity contribution in [2.75, 3.05) is 33.4 Å². The Hall–Kier alpha value is -0.120. The van der Waals surface area contributed by atoms with E-state index in [4.69, 9.17) is 4.74 Å². The van der Waals surface area contributed by atoms with Gasteiger partial charge in [0.15, 0.2) is 0 Å². The van der Waals surface area contributed by atoms with E-state index in [9.17, 15) is 0 Å². The van der Waals surface area contributed by atoms with E-state index in [1.807, 2.05) is 0 Å². The lowest BCUT2D eigenvalue weighted by molar-refractivity contribution is 0.142. The molecule has 3 aliphatic rings. The molecule has 0 unspecified atom stereocenters. The molecule has 3 heteroatoms. The molecule has 0 saturated heterocycles. The molecule has 0 amide bonds. The second-order valence-corrected chi connectivity index (χ2v) is 6.41. The topological polar surface area (TPSA) is 24.5 Å². The van der Waals surface area contributed by atoms with E-state index < -0.39 is 0 Å². The summed E-state index contributed by atoms with van der Waals surface area (Å²) in [6, 6.07) is 1.72. The smallest absolute Gasteiger partial charge is 0.0589 e. The average molecular weight is 252 g/mol. The largest absolute Gasteiger partial charge is 0.383 e. The Morgan fingerprint density at radius 2 is 1.72 bits per heavy atom. The van der Waals surface area contributed by atoms with Gasteiger partial charge in [-0.05, 0) is 50.4 Å². The molecule has 3 nitrogen and oxygen atoms in total. The monoisotopic (exact) mass is 252 g/mol. The third-order valence-electron chi connectivity index (χ3n) is 4.68. The summed E-state index contributed by atoms with van der Waals surface area (Å²) in [5.41, 5.74) is 0. The maximum atomic E-state index is 5.21. The van der Waals surface area contributed by atoms with E-state index in [0.29, 0.717) is 0 Å². The maximum Gasteiger partial charge on any atom is 0.0589 e. The fourth-order valence-corrected chi connectivity index (χ4v) is 3.13. The third kappa shape index (κ3) is 3.69. The van der Waals surface area contributed by atoms with Crippen LogP contribution in [0, 0.1) is 11.8 Å². The van der Waals surface area contributed by atoms with Crippen LogP contribution in [0.4, 0.5) is 0 Å². The van der Waals surface area contributed by atoms with Gasteiger partial charge in [-0.15, -0.1) is 0 Å². The van der Waals surface area contributed by atoms with E-state index in [1.54, 1.807) is 7.11 Å². The maximum absolute atomic E-state index is 5.21. The molecular weight excluding hydrogens is 224 g/mol. The van der Waals surface area contributed by atoms with Crippen molar-refractivity contribution in [2.24, 2.45) is 11.8 Å². The molecule has 0 spiro atoms. The first-order chi connectivity index (χ1) is 8.88. The van der Waals surface area contributed by atoms with Crippen molar-refractivity contribution in [3.8, 4) is 0 Å². The lowest BCUT2D eigenvalue weighted by Crippen LogP contribution is -2.41. The van der Waals surface area contributed by atoms with Crippen molar-refractivity contribution in [2.45, 2.75) is 50.6 Å². The highest BCUT2D eigenvalue weighted by Crippen LogP contribution is 2.44. The summed E-state index contributed by atoms with van der Waals surface area (Å²) in [5.74, 6) is 2.04. The molecule has 3 saturated carbocycles. The zero-order valence-electron chi connectivity index (χ0n) is 11.7. The molecule has 0 bridgehead atoms. The molecule has 0 heterocycles. The Morgan fingerprint density at radius 3 is 2.22 bits per heavy atom. The Kier molecular flexibility index (Phi) is 4.22. The minimum atomic E-state index is 0.855. The Balaban J connectivity index is 1.36. The fraction of sp³-hybridized carbons (Fsp3) is 1.00. The number of hydrogen-bond donors (Lipinski definition) is 1. The van der Waals surface area contributed by atoms with E-state index in [-0.39, 0.29) is 0 Å². The number of methoxy groups -OCH3 is 1. The minimum Gasteiger partial charge on any atom is -0.383 e. The van der Waals surface area contributed by atoms with Crippen LogP contribution >= 0.6 is 0 Å². The van der Waals surface area contributed by atoms with Crippen molar-refractivity contribution < 1.29 is 4.74 Å². The molecule has 1 N–H and O–H groups in total. The highest BCUT2D eigenvalue weighted by atomic mass is 16.5. The van der Waals surface area contributed by atoms with Crippen LogP contribution in [-0.4, -0.2) is 50.3 Å². The van der Waals surface area contributed by atoms with Crippen LogP contribution < -0.4 is 5.32 Å². The standard InChI is InChI=1S/C15H28N2O/c1-18-11-10-17(14-6-7-14)9-8-16-15(12-2-3-12)13-4-5-13/h12-16H,2-11H2,1H3. The second kappa shape index (κ2) is 5.89. The number of nitrogens with zero attached hydrogens (tertiary/aromatic N) is 1. The van der Waals surface area contributed by atoms with Crippen LogP contribution in [0.15, 0.2) is 0 Å². The predicted octanol–water partition coefficient (Wildman–Crippen LogP) is 1.88. The first kappa shape index (κ1) is 12.9. The molecule has 104 valence electrons. The molecule has 3 rings (SSSR count). The van der Waals surface area contributed by atoms with Gasteiger partial charge in [0.05, 0.1) is 6.61 Å². The van der Waals surface area contributed by atoms with Crippen molar-refractivity contribution in [3.05, 3.63) is 0 Å². The second-order valence-electron chi connectivity index (χ2n) is 6.41. The van der Waals surface area contributed by atoms with E-state index >= 15 is 0 Å². The first-order valence-corrected chi connectivity index (χ1v) is 7.85. The molecule has 0 atom stereocenters. The number of ether oxygens (including phenoxy) is 1. The minimum absolute atomic E-state index is 0.855. The fourth-order valence-electron chi connectivity index (χ4n) is 3.13. The Bertz CT molecular complexity index is 247. The lowest BCUT2D eigenvalue weighted by atomic mass is 10.1. The zero-order valence-corrected chi connectivity index (χ0v) is 11.7.